The van der Waals surface area contributed by atoms with Gasteiger partial charge in [-0.05, 0) is 36.5 Å². The van der Waals surface area contributed by atoms with Crippen LogP contribution >= 0.6 is 0 Å². The predicted octanol–water partition coefficient (Wildman–Crippen LogP) is 3.00. The fourth-order valence-corrected chi connectivity index (χ4v) is 2.43. The van der Waals surface area contributed by atoms with Crippen molar-refractivity contribution in [2.45, 2.75) is 26.4 Å². The van der Waals surface area contributed by atoms with Crippen molar-refractivity contribution >= 4 is 10.8 Å². The van der Waals surface area contributed by atoms with Crippen molar-refractivity contribution in [3.05, 3.63) is 42.2 Å². The summed E-state index contributed by atoms with van der Waals surface area (Å²) in [7, 11) is 0. The largest absolute Gasteiger partial charge is 0.388 e. The number of aromatic nitrogens is 1. The molecule has 1 aromatic carbocycles. The van der Waals surface area contributed by atoms with E-state index in [4.69, 9.17) is 0 Å². The van der Waals surface area contributed by atoms with Gasteiger partial charge in [-0.1, -0.05) is 32.0 Å². The van der Waals surface area contributed by atoms with E-state index in [9.17, 15) is 5.11 Å². The highest BCUT2D eigenvalue weighted by molar-refractivity contribution is 5.85. The van der Waals surface area contributed by atoms with Crippen LogP contribution < -0.4 is 0 Å². The van der Waals surface area contributed by atoms with Crippen molar-refractivity contribution in [3.8, 4) is 0 Å². The number of nitrogens with zero attached hydrogens (tertiary/aromatic N) is 2. The normalized spacial score (nSPS) is 13.1. The lowest BCUT2D eigenvalue weighted by atomic mass is 10.00. The SMILES string of the molecule is CCN(CC)CCC(O)c1cccc2ccncc12. The topological polar surface area (TPSA) is 36.4 Å². The monoisotopic (exact) mass is 258 g/mol. The van der Waals surface area contributed by atoms with Gasteiger partial charge in [0.05, 0.1) is 6.10 Å². The highest BCUT2D eigenvalue weighted by Crippen LogP contribution is 2.25. The Morgan fingerprint density at radius 2 is 2.00 bits per heavy atom. The second-order valence-electron chi connectivity index (χ2n) is 4.78. The van der Waals surface area contributed by atoms with Gasteiger partial charge >= 0.3 is 0 Å². The van der Waals surface area contributed by atoms with Crippen LogP contribution in [0, 0.1) is 0 Å². The van der Waals surface area contributed by atoms with Crippen LogP contribution in [0.15, 0.2) is 36.7 Å². The first kappa shape index (κ1) is 14.0. The van der Waals surface area contributed by atoms with Crippen LogP contribution in [0.1, 0.15) is 31.9 Å². The van der Waals surface area contributed by atoms with Crippen molar-refractivity contribution in [2.24, 2.45) is 0 Å². The molecule has 1 atom stereocenters. The molecule has 0 amide bonds. The van der Waals surface area contributed by atoms with Crippen molar-refractivity contribution in [2.75, 3.05) is 19.6 Å². The second kappa shape index (κ2) is 6.64. The molecule has 0 saturated carbocycles. The molecule has 0 spiro atoms. The van der Waals surface area contributed by atoms with Crippen LogP contribution in [0.3, 0.4) is 0 Å². The Labute approximate surface area is 114 Å². The smallest absolute Gasteiger partial charge is 0.0808 e. The predicted molar refractivity (Wildman–Crippen MR) is 79.1 cm³/mol. The highest BCUT2D eigenvalue weighted by atomic mass is 16.3. The summed E-state index contributed by atoms with van der Waals surface area (Å²) in [5.74, 6) is 0. The first-order valence-electron chi connectivity index (χ1n) is 6.99. The number of aliphatic hydroxyl groups is 1. The molecule has 2 aromatic rings. The van der Waals surface area contributed by atoms with Gasteiger partial charge in [0.1, 0.15) is 0 Å². The average molecular weight is 258 g/mol. The summed E-state index contributed by atoms with van der Waals surface area (Å²) >= 11 is 0. The zero-order chi connectivity index (χ0) is 13.7. The van der Waals surface area contributed by atoms with Gasteiger partial charge in [0.25, 0.3) is 0 Å². The van der Waals surface area contributed by atoms with E-state index in [1.54, 1.807) is 6.20 Å². The fraction of sp³-hybridized carbons (Fsp3) is 0.438. The van der Waals surface area contributed by atoms with E-state index < -0.39 is 6.10 Å². The molecule has 0 radical (unpaired) electrons. The molecular formula is C16H22N2O. The molecule has 1 aromatic heterocycles. The van der Waals surface area contributed by atoms with Crippen LogP contribution in [0.5, 0.6) is 0 Å². The first-order chi connectivity index (χ1) is 9.26. The molecule has 0 saturated heterocycles. The molecule has 0 bridgehead atoms. The van der Waals surface area contributed by atoms with Crippen molar-refractivity contribution in [3.63, 3.8) is 0 Å². The standard InChI is InChI=1S/C16H22N2O/c1-3-18(4-2)11-9-16(19)14-7-5-6-13-8-10-17-12-15(13)14/h5-8,10,12,16,19H,3-4,9,11H2,1-2H3. The molecule has 1 unspecified atom stereocenters. The van der Waals surface area contributed by atoms with E-state index in [1.165, 1.54) is 0 Å². The molecule has 1 heterocycles. The fourth-order valence-electron chi connectivity index (χ4n) is 2.43. The lowest BCUT2D eigenvalue weighted by molar-refractivity contribution is 0.146. The number of hydrogen-bond acceptors (Lipinski definition) is 3. The van der Waals surface area contributed by atoms with Gasteiger partial charge in [-0.15, -0.1) is 0 Å². The van der Waals surface area contributed by atoms with E-state index in [0.29, 0.717) is 0 Å². The maximum absolute atomic E-state index is 10.4. The third-order valence-corrected chi connectivity index (χ3v) is 3.69. The molecule has 3 heteroatoms. The Bertz CT molecular complexity index is 518. The lowest BCUT2D eigenvalue weighted by Crippen LogP contribution is -2.25. The highest BCUT2D eigenvalue weighted by Gasteiger charge is 2.12. The van der Waals surface area contributed by atoms with E-state index in [2.05, 4.69) is 29.8 Å². The summed E-state index contributed by atoms with van der Waals surface area (Å²) in [6, 6.07) is 8.03. The van der Waals surface area contributed by atoms with Crippen molar-refractivity contribution in [1.82, 2.24) is 9.88 Å². The zero-order valence-corrected chi connectivity index (χ0v) is 11.7. The molecule has 19 heavy (non-hydrogen) atoms. The summed E-state index contributed by atoms with van der Waals surface area (Å²) in [6.45, 7) is 7.28. The Morgan fingerprint density at radius 3 is 2.74 bits per heavy atom. The van der Waals surface area contributed by atoms with E-state index in [0.717, 1.165) is 42.4 Å². The lowest BCUT2D eigenvalue weighted by Gasteiger charge is -2.20. The molecule has 2 rings (SSSR count). The van der Waals surface area contributed by atoms with Gasteiger partial charge in [0.15, 0.2) is 0 Å². The molecule has 3 nitrogen and oxygen atoms in total. The molecule has 0 aliphatic carbocycles. The van der Waals surface area contributed by atoms with Crippen molar-refractivity contribution in [1.29, 1.82) is 0 Å². The summed E-state index contributed by atoms with van der Waals surface area (Å²) in [4.78, 5) is 6.49. The van der Waals surface area contributed by atoms with Gasteiger partial charge in [0, 0.05) is 24.3 Å². The third-order valence-electron chi connectivity index (χ3n) is 3.69. The number of fused-ring (bicyclic) bond motifs is 1. The molecule has 0 fully saturated rings. The second-order valence-corrected chi connectivity index (χ2v) is 4.78. The number of hydrogen-bond donors (Lipinski definition) is 1. The minimum absolute atomic E-state index is 0.423. The van der Waals surface area contributed by atoms with Gasteiger partial charge in [-0.25, -0.2) is 0 Å². The zero-order valence-electron chi connectivity index (χ0n) is 11.7. The Hall–Kier alpha value is -1.45. The first-order valence-corrected chi connectivity index (χ1v) is 6.99. The van der Waals surface area contributed by atoms with Gasteiger partial charge < -0.3 is 10.0 Å². The summed E-state index contributed by atoms with van der Waals surface area (Å²) in [5, 5.41) is 12.6. The summed E-state index contributed by atoms with van der Waals surface area (Å²) in [5.41, 5.74) is 0.984. The van der Waals surface area contributed by atoms with Gasteiger partial charge in [-0.2, -0.15) is 0 Å². The Kier molecular flexibility index (Phi) is 4.88. The number of pyridine rings is 1. The maximum Gasteiger partial charge on any atom is 0.0808 e. The molecule has 102 valence electrons. The van der Waals surface area contributed by atoms with Crippen LogP contribution in [0.2, 0.25) is 0 Å². The third kappa shape index (κ3) is 3.31. The van der Waals surface area contributed by atoms with E-state index >= 15 is 0 Å². The van der Waals surface area contributed by atoms with E-state index in [1.807, 2.05) is 24.4 Å². The van der Waals surface area contributed by atoms with Crippen LogP contribution in [-0.2, 0) is 0 Å². The minimum atomic E-state index is -0.423. The summed E-state index contributed by atoms with van der Waals surface area (Å²) < 4.78 is 0. The molecule has 0 aliphatic rings. The Morgan fingerprint density at radius 1 is 1.21 bits per heavy atom. The quantitative estimate of drug-likeness (QED) is 0.865. The van der Waals surface area contributed by atoms with Crippen LogP contribution in [0.25, 0.3) is 10.8 Å². The molecule has 0 aliphatic heterocycles. The van der Waals surface area contributed by atoms with Gasteiger partial charge in [0.2, 0.25) is 0 Å². The number of benzene rings is 1. The van der Waals surface area contributed by atoms with Crippen LogP contribution in [0.4, 0.5) is 0 Å². The van der Waals surface area contributed by atoms with Crippen LogP contribution in [-0.4, -0.2) is 34.6 Å². The Balaban J connectivity index is 2.15. The van der Waals surface area contributed by atoms with Gasteiger partial charge in [-0.3, -0.25) is 4.98 Å². The molecule has 1 N–H and O–H groups in total. The maximum atomic E-state index is 10.4. The molecular weight excluding hydrogens is 236 g/mol. The number of aliphatic hydroxyl groups excluding tert-OH is 1. The van der Waals surface area contributed by atoms with E-state index in [-0.39, 0.29) is 0 Å². The number of rotatable bonds is 6. The van der Waals surface area contributed by atoms with Crippen molar-refractivity contribution < 1.29 is 5.11 Å². The minimum Gasteiger partial charge on any atom is -0.388 e. The average Bonchev–Trinajstić information content (AvgIpc) is 2.47. The summed E-state index contributed by atoms with van der Waals surface area (Å²) in [6.07, 6.45) is 3.96.